The van der Waals surface area contributed by atoms with E-state index >= 15 is 0 Å². The van der Waals surface area contributed by atoms with Crippen molar-refractivity contribution >= 4 is 35.0 Å². The van der Waals surface area contributed by atoms with E-state index in [-0.39, 0.29) is 11.1 Å². The Hall–Kier alpha value is -4.47. The number of allylic oxidation sites excluding steroid dienone is 1. The number of aromatic nitrogens is 3. The van der Waals surface area contributed by atoms with Gasteiger partial charge in [0.2, 0.25) is 0 Å². The van der Waals surface area contributed by atoms with Crippen LogP contribution in [-0.2, 0) is 9.53 Å². The first-order valence-electron chi connectivity index (χ1n) is 12.0. The third-order valence-corrected chi connectivity index (χ3v) is 7.64. The van der Waals surface area contributed by atoms with Crippen molar-refractivity contribution in [3.05, 3.63) is 126 Å². The topological polar surface area (TPSA) is 91.6 Å². The van der Waals surface area contributed by atoms with Gasteiger partial charge in [-0.05, 0) is 49.4 Å². The highest BCUT2D eigenvalue weighted by atomic mass is 35.5. The van der Waals surface area contributed by atoms with Crippen LogP contribution in [0, 0.1) is 0 Å². The molecule has 1 unspecified atom stereocenters. The van der Waals surface area contributed by atoms with Crippen molar-refractivity contribution in [1.82, 2.24) is 14.3 Å². The van der Waals surface area contributed by atoms with Gasteiger partial charge in [0.05, 0.1) is 34.9 Å². The summed E-state index contributed by atoms with van der Waals surface area (Å²) in [7, 11) is 1.30. The van der Waals surface area contributed by atoms with Crippen LogP contribution in [0.4, 0.5) is 0 Å². The summed E-state index contributed by atoms with van der Waals surface area (Å²) in [5, 5.41) is 5.45. The first kappa shape index (κ1) is 24.8. The van der Waals surface area contributed by atoms with E-state index in [0.717, 1.165) is 16.8 Å². The average molecular weight is 557 g/mol. The largest absolute Gasteiger partial charge is 0.467 e. The smallest absolute Gasteiger partial charge is 0.338 e. The molecule has 0 bridgehead atoms. The number of carbonyl (C=O) groups is 1. The van der Waals surface area contributed by atoms with Crippen LogP contribution in [0.25, 0.3) is 23.0 Å². The number of hydrogen-bond acceptors (Lipinski definition) is 7. The maximum atomic E-state index is 13.9. The van der Waals surface area contributed by atoms with Crippen molar-refractivity contribution in [2.24, 2.45) is 4.99 Å². The molecule has 0 spiro atoms. The van der Waals surface area contributed by atoms with Crippen molar-refractivity contribution < 1.29 is 13.9 Å². The van der Waals surface area contributed by atoms with Gasteiger partial charge < -0.3 is 9.15 Å². The summed E-state index contributed by atoms with van der Waals surface area (Å²) in [5.74, 6) is -0.128. The van der Waals surface area contributed by atoms with Gasteiger partial charge in [0, 0.05) is 22.3 Å². The number of carbonyl (C=O) groups excluding carboxylic acids is 1. The molecule has 1 aliphatic rings. The Kier molecular flexibility index (Phi) is 6.38. The maximum absolute atomic E-state index is 13.9. The van der Waals surface area contributed by atoms with E-state index in [0.29, 0.717) is 31.5 Å². The van der Waals surface area contributed by atoms with E-state index in [2.05, 4.69) is 4.99 Å². The number of benzene rings is 2. The van der Waals surface area contributed by atoms with Crippen LogP contribution in [0.15, 0.2) is 105 Å². The Bertz CT molecular complexity index is 1900. The second-order valence-electron chi connectivity index (χ2n) is 8.81. The van der Waals surface area contributed by atoms with Gasteiger partial charge in [-0.1, -0.05) is 53.3 Å². The van der Waals surface area contributed by atoms with E-state index in [1.165, 1.54) is 29.3 Å². The highest BCUT2D eigenvalue weighted by molar-refractivity contribution is 7.07. The number of ether oxygens (including phenoxy) is 1. The van der Waals surface area contributed by atoms with Crippen molar-refractivity contribution in [3.8, 4) is 16.9 Å². The lowest BCUT2D eigenvalue weighted by molar-refractivity contribution is -0.136. The van der Waals surface area contributed by atoms with Crippen LogP contribution in [0.5, 0.6) is 0 Å². The number of nitrogens with zero attached hydrogens (tertiary/aromatic N) is 4. The quantitative estimate of drug-likeness (QED) is 0.297. The minimum Gasteiger partial charge on any atom is -0.467 e. The lowest BCUT2D eigenvalue weighted by Gasteiger charge is -2.22. The summed E-state index contributed by atoms with van der Waals surface area (Å²) < 4.78 is 14.4. The van der Waals surface area contributed by atoms with Crippen molar-refractivity contribution in [1.29, 1.82) is 0 Å². The first-order chi connectivity index (χ1) is 18.9. The molecule has 6 rings (SSSR count). The highest BCUT2D eigenvalue weighted by Crippen LogP contribution is 2.31. The number of para-hydroxylation sites is 1. The van der Waals surface area contributed by atoms with Crippen LogP contribution in [0.3, 0.4) is 0 Å². The molecule has 39 heavy (non-hydrogen) atoms. The molecular weight excluding hydrogens is 536 g/mol. The average Bonchev–Trinajstić information content (AvgIpc) is 3.69. The Morgan fingerprint density at radius 1 is 1.10 bits per heavy atom. The van der Waals surface area contributed by atoms with E-state index in [1.807, 2.05) is 48.7 Å². The molecule has 2 aromatic carbocycles. The molecule has 1 atom stereocenters. The Labute approximate surface area is 231 Å². The number of rotatable bonds is 5. The third-order valence-electron chi connectivity index (χ3n) is 6.41. The highest BCUT2D eigenvalue weighted by Gasteiger charge is 2.34. The molecule has 0 fully saturated rings. The Morgan fingerprint density at radius 2 is 1.87 bits per heavy atom. The summed E-state index contributed by atoms with van der Waals surface area (Å²) in [6.45, 7) is 1.72. The van der Waals surface area contributed by atoms with Crippen molar-refractivity contribution in [3.63, 3.8) is 0 Å². The predicted molar refractivity (Wildman–Crippen MR) is 148 cm³/mol. The van der Waals surface area contributed by atoms with Crippen LogP contribution in [0.1, 0.15) is 24.3 Å². The molecule has 8 nitrogen and oxygen atoms in total. The van der Waals surface area contributed by atoms with Gasteiger partial charge >= 0.3 is 5.97 Å². The van der Waals surface area contributed by atoms with E-state index in [9.17, 15) is 9.59 Å². The monoisotopic (exact) mass is 556 g/mol. The molecule has 194 valence electrons. The Morgan fingerprint density at radius 3 is 2.56 bits per heavy atom. The molecule has 4 heterocycles. The second-order valence-corrected chi connectivity index (χ2v) is 10.3. The molecule has 3 aromatic heterocycles. The number of halogens is 1. The fourth-order valence-corrected chi connectivity index (χ4v) is 5.75. The first-order valence-corrected chi connectivity index (χ1v) is 13.2. The summed E-state index contributed by atoms with van der Waals surface area (Å²) in [6, 6.07) is 19.8. The van der Waals surface area contributed by atoms with Gasteiger partial charge in [0.25, 0.3) is 5.56 Å². The van der Waals surface area contributed by atoms with Gasteiger partial charge in [-0.3, -0.25) is 9.36 Å². The minimum atomic E-state index is -0.798. The fraction of sp³-hybridized carbons (Fsp3) is 0.103. The molecule has 10 heteroatoms. The van der Waals surface area contributed by atoms with Crippen molar-refractivity contribution in [2.75, 3.05) is 7.11 Å². The van der Waals surface area contributed by atoms with E-state index < -0.39 is 12.0 Å². The molecule has 0 saturated heterocycles. The van der Waals surface area contributed by atoms with Gasteiger partial charge in [0.15, 0.2) is 4.80 Å². The molecular formula is C29H21ClN4O4S. The molecule has 1 aliphatic heterocycles. The Balaban J connectivity index is 1.56. The maximum Gasteiger partial charge on any atom is 0.338 e. The lowest BCUT2D eigenvalue weighted by Crippen LogP contribution is -2.39. The normalized spacial score (nSPS) is 15.3. The van der Waals surface area contributed by atoms with Crippen molar-refractivity contribution in [2.45, 2.75) is 13.0 Å². The number of methoxy groups -OCH3 is 1. The van der Waals surface area contributed by atoms with E-state index in [1.54, 1.807) is 41.9 Å². The number of thiazole rings is 1. The third kappa shape index (κ3) is 4.45. The molecule has 0 aliphatic carbocycles. The van der Waals surface area contributed by atoms with Crippen LogP contribution < -0.4 is 14.9 Å². The summed E-state index contributed by atoms with van der Waals surface area (Å²) >= 11 is 7.37. The van der Waals surface area contributed by atoms with Gasteiger partial charge in [-0.15, -0.1) is 0 Å². The lowest BCUT2D eigenvalue weighted by atomic mass is 10.0. The zero-order valence-electron chi connectivity index (χ0n) is 20.9. The molecule has 0 saturated carbocycles. The zero-order valence-corrected chi connectivity index (χ0v) is 22.4. The fourth-order valence-electron chi connectivity index (χ4n) is 4.59. The SMILES string of the molecule is COC(=O)C1=C(C)N=c2s/c(=C/c3cn(-c4ccccc4)nc3-c3ccc(Cl)cc3)c(=O)n2C1c1ccco1. The molecule has 0 N–H and O–H groups in total. The number of esters is 1. The van der Waals surface area contributed by atoms with Gasteiger partial charge in [-0.25, -0.2) is 14.5 Å². The summed E-state index contributed by atoms with van der Waals surface area (Å²) in [4.78, 5) is 31.7. The van der Waals surface area contributed by atoms with Crippen LogP contribution in [-0.4, -0.2) is 27.4 Å². The zero-order chi connectivity index (χ0) is 27.1. The summed E-state index contributed by atoms with van der Waals surface area (Å²) in [6.07, 6.45) is 5.19. The van der Waals surface area contributed by atoms with Crippen LogP contribution >= 0.6 is 22.9 Å². The van der Waals surface area contributed by atoms with E-state index in [4.69, 9.17) is 25.9 Å². The predicted octanol–water partition coefficient (Wildman–Crippen LogP) is 4.51. The molecule has 5 aromatic rings. The number of fused-ring (bicyclic) bond motifs is 1. The van der Waals surface area contributed by atoms with Gasteiger partial charge in [-0.2, -0.15) is 5.10 Å². The standard InChI is InChI=1S/C29H21ClN4O4S/c1-17-24(28(36)37-2)26(22-9-6-14-38-22)34-27(35)23(39-29(34)31-17)15-19-16-33(21-7-4-3-5-8-21)32-25(19)18-10-12-20(30)13-11-18/h3-16,26H,1-2H3/b23-15+. The molecule has 0 amide bonds. The second kappa shape index (κ2) is 10.0. The van der Waals surface area contributed by atoms with Crippen LogP contribution in [0.2, 0.25) is 5.02 Å². The minimum absolute atomic E-state index is 0.255. The summed E-state index contributed by atoms with van der Waals surface area (Å²) in [5.41, 5.74) is 3.58. The number of furan rings is 1. The number of hydrogen-bond donors (Lipinski definition) is 0. The molecule has 0 radical (unpaired) electrons. The van der Waals surface area contributed by atoms with Gasteiger partial charge in [0.1, 0.15) is 17.5 Å².